The normalized spacial score (nSPS) is 17.7. The van der Waals surface area contributed by atoms with Crippen molar-refractivity contribution < 1.29 is 9.59 Å². The van der Waals surface area contributed by atoms with Gasteiger partial charge in [0.15, 0.2) is 0 Å². The van der Waals surface area contributed by atoms with E-state index >= 15 is 0 Å². The maximum atomic E-state index is 13.5. The molecule has 31 heavy (non-hydrogen) atoms. The van der Waals surface area contributed by atoms with Crippen molar-refractivity contribution in [2.45, 2.75) is 19.3 Å². The van der Waals surface area contributed by atoms with Gasteiger partial charge >= 0.3 is 0 Å². The Morgan fingerprint density at radius 1 is 0.806 bits per heavy atom. The molecule has 0 radical (unpaired) electrons. The molecule has 2 amide bonds. The van der Waals surface area contributed by atoms with Gasteiger partial charge < -0.3 is 4.90 Å². The molecule has 0 saturated carbocycles. The maximum absolute atomic E-state index is 13.5. The van der Waals surface area contributed by atoms with E-state index in [1.807, 2.05) is 53.9 Å². The highest BCUT2D eigenvalue weighted by atomic mass is 32.1. The number of piperidine rings is 1. The van der Waals surface area contributed by atoms with E-state index < -0.39 is 0 Å². The average Bonchev–Trinajstić information content (AvgIpc) is 3.42. The summed E-state index contributed by atoms with van der Waals surface area (Å²) in [6, 6.07) is 23.7. The van der Waals surface area contributed by atoms with Gasteiger partial charge in [0.2, 0.25) is 0 Å². The average molecular weight is 429 g/mol. The topological polar surface area (TPSA) is 40.6 Å². The molecule has 1 saturated heterocycles. The summed E-state index contributed by atoms with van der Waals surface area (Å²) in [6.45, 7) is 1.59. The first-order chi connectivity index (χ1) is 15.2. The third-order valence-corrected chi connectivity index (χ3v) is 7.03. The van der Waals surface area contributed by atoms with Gasteiger partial charge in [0.1, 0.15) is 5.70 Å². The Hall–Kier alpha value is -3.18. The Labute approximate surface area is 186 Å². The first kappa shape index (κ1) is 19.8. The molecule has 2 aliphatic heterocycles. The van der Waals surface area contributed by atoms with E-state index in [1.54, 1.807) is 0 Å². The monoisotopic (exact) mass is 428 g/mol. The molecule has 3 aromatic rings. The molecule has 2 aromatic carbocycles. The summed E-state index contributed by atoms with van der Waals surface area (Å²) in [5.74, 6) is 0.169. The lowest BCUT2D eigenvalue weighted by Gasteiger charge is -2.34. The fraction of sp³-hybridized carbons (Fsp3) is 0.231. The van der Waals surface area contributed by atoms with Crippen LogP contribution in [0.2, 0.25) is 0 Å². The number of hydrogen-bond acceptors (Lipinski definition) is 4. The van der Waals surface area contributed by atoms with Crippen LogP contribution in [0.25, 0.3) is 5.57 Å². The quantitative estimate of drug-likeness (QED) is 0.538. The molecule has 0 spiro atoms. The summed E-state index contributed by atoms with van der Waals surface area (Å²) in [5, 5.41) is 1.95. The number of nitrogens with zero attached hydrogens (tertiary/aromatic N) is 2. The lowest BCUT2D eigenvalue weighted by molar-refractivity contribution is -0.120. The molecule has 4 nitrogen and oxygen atoms in total. The Kier molecular flexibility index (Phi) is 5.43. The maximum Gasteiger partial charge on any atom is 0.282 e. The summed E-state index contributed by atoms with van der Waals surface area (Å²) in [7, 11) is 0. The SMILES string of the molecule is O=C1C(c2cccs2)=C(N2CCC(Cc3ccccc3)CC2)C(=O)N1c1ccccc1. The number of hydrogen-bond donors (Lipinski definition) is 0. The van der Waals surface area contributed by atoms with E-state index in [0.717, 1.165) is 37.2 Å². The first-order valence-electron chi connectivity index (χ1n) is 10.7. The Balaban J connectivity index is 1.41. The van der Waals surface area contributed by atoms with Crippen molar-refractivity contribution in [2.75, 3.05) is 18.0 Å². The van der Waals surface area contributed by atoms with Gasteiger partial charge in [-0.1, -0.05) is 54.6 Å². The molecule has 0 bridgehead atoms. The lowest BCUT2D eigenvalue weighted by Crippen LogP contribution is -2.39. The molecule has 3 heterocycles. The number of para-hydroxylation sites is 1. The van der Waals surface area contributed by atoms with Crippen molar-refractivity contribution in [1.29, 1.82) is 0 Å². The van der Waals surface area contributed by atoms with E-state index in [0.29, 0.717) is 22.9 Å². The fourth-order valence-corrected chi connectivity index (χ4v) is 5.34. The van der Waals surface area contributed by atoms with Gasteiger partial charge in [0.25, 0.3) is 11.8 Å². The summed E-state index contributed by atoms with van der Waals surface area (Å²) >= 11 is 1.51. The van der Waals surface area contributed by atoms with Crippen LogP contribution in [0.4, 0.5) is 5.69 Å². The second-order valence-corrected chi connectivity index (χ2v) is 9.05. The molecule has 5 heteroatoms. The van der Waals surface area contributed by atoms with Gasteiger partial charge in [-0.15, -0.1) is 11.3 Å². The number of anilines is 1. The molecule has 2 aliphatic rings. The zero-order valence-electron chi connectivity index (χ0n) is 17.2. The number of imide groups is 1. The number of thiophene rings is 1. The molecular formula is C26H24N2O2S. The number of carbonyl (C=O) groups is 2. The Bertz CT molecular complexity index is 1100. The first-order valence-corrected chi connectivity index (χ1v) is 11.6. The van der Waals surface area contributed by atoms with Crippen molar-refractivity contribution in [3.63, 3.8) is 0 Å². The summed E-state index contributed by atoms with van der Waals surface area (Å²) in [6.07, 6.45) is 3.10. The molecule has 0 atom stereocenters. The van der Waals surface area contributed by atoms with Crippen molar-refractivity contribution in [1.82, 2.24) is 4.90 Å². The lowest BCUT2D eigenvalue weighted by atomic mass is 9.90. The minimum absolute atomic E-state index is 0.207. The predicted molar refractivity (Wildman–Crippen MR) is 125 cm³/mol. The van der Waals surface area contributed by atoms with Crippen LogP contribution in [-0.4, -0.2) is 29.8 Å². The highest BCUT2D eigenvalue weighted by molar-refractivity contribution is 7.11. The van der Waals surface area contributed by atoms with E-state index in [-0.39, 0.29) is 11.8 Å². The van der Waals surface area contributed by atoms with Gasteiger partial charge in [-0.3, -0.25) is 9.59 Å². The highest BCUT2D eigenvalue weighted by Gasteiger charge is 2.43. The standard InChI is InChI=1S/C26H24N2O2S/c29-25-23(22-12-7-17-31-22)24(26(30)28(25)21-10-5-2-6-11-21)27-15-13-20(14-16-27)18-19-8-3-1-4-9-19/h1-12,17,20H,13-16,18H2. The molecule has 1 fully saturated rings. The molecular weight excluding hydrogens is 404 g/mol. The molecule has 156 valence electrons. The van der Waals surface area contributed by atoms with Crippen LogP contribution < -0.4 is 4.90 Å². The summed E-state index contributed by atoms with van der Waals surface area (Å²) in [4.78, 5) is 31.2. The van der Waals surface area contributed by atoms with E-state index in [4.69, 9.17) is 0 Å². The second-order valence-electron chi connectivity index (χ2n) is 8.10. The molecule has 0 aliphatic carbocycles. The molecule has 5 rings (SSSR count). The second kappa shape index (κ2) is 8.52. The number of benzene rings is 2. The fourth-order valence-electron chi connectivity index (χ4n) is 4.57. The van der Waals surface area contributed by atoms with Gasteiger partial charge in [-0.2, -0.15) is 0 Å². The van der Waals surface area contributed by atoms with Crippen LogP contribution in [0, 0.1) is 5.92 Å². The van der Waals surface area contributed by atoms with E-state index in [2.05, 4.69) is 29.2 Å². The third kappa shape index (κ3) is 3.81. The van der Waals surface area contributed by atoms with Crippen molar-refractivity contribution >= 4 is 34.4 Å². The zero-order valence-corrected chi connectivity index (χ0v) is 18.1. The number of rotatable bonds is 5. The predicted octanol–water partition coefficient (Wildman–Crippen LogP) is 4.99. The molecule has 0 N–H and O–H groups in total. The van der Waals surface area contributed by atoms with Gasteiger partial charge in [0, 0.05) is 18.0 Å². The molecule has 0 unspecified atom stereocenters. The Morgan fingerprint density at radius 2 is 1.48 bits per heavy atom. The van der Waals surface area contributed by atoms with E-state index in [1.165, 1.54) is 21.8 Å². The Morgan fingerprint density at radius 3 is 2.13 bits per heavy atom. The smallest absolute Gasteiger partial charge is 0.282 e. The van der Waals surface area contributed by atoms with Crippen LogP contribution in [-0.2, 0) is 16.0 Å². The van der Waals surface area contributed by atoms with Gasteiger partial charge in [-0.05, 0) is 54.3 Å². The molecule has 1 aromatic heterocycles. The number of likely N-dealkylation sites (tertiary alicyclic amines) is 1. The van der Waals surface area contributed by atoms with Crippen LogP contribution in [0.1, 0.15) is 23.3 Å². The number of amides is 2. The largest absolute Gasteiger partial charge is 0.366 e. The van der Waals surface area contributed by atoms with Crippen molar-refractivity contribution in [3.8, 4) is 0 Å². The summed E-state index contributed by atoms with van der Waals surface area (Å²) < 4.78 is 0. The van der Waals surface area contributed by atoms with Gasteiger partial charge in [0.05, 0.1) is 11.3 Å². The minimum atomic E-state index is -0.222. The number of carbonyl (C=O) groups excluding carboxylic acids is 2. The highest BCUT2D eigenvalue weighted by Crippen LogP contribution is 2.38. The summed E-state index contributed by atoms with van der Waals surface area (Å²) in [5.41, 5.74) is 3.10. The van der Waals surface area contributed by atoms with Crippen LogP contribution >= 0.6 is 11.3 Å². The van der Waals surface area contributed by atoms with Gasteiger partial charge in [-0.25, -0.2) is 4.90 Å². The van der Waals surface area contributed by atoms with Crippen LogP contribution in [0.3, 0.4) is 0 Å². The van der Waals surface area contributed by atoms with E-state index in [9.17, 15) is 9.59 Å². The van der Waals surface area contributed by atoms with Crippen molar-refractivity contribution in [3.05, 3.63) is 94.3 Å². The van der Waals surface area contributed by atoms with Crippen molar-refractivity contribution in [2.24, 2.45) is 5.92 Å². The third-order valence-electron chi connectivity index (χ3n) is 6.14. The van der Waals surface area contributed by atoms with Crippen LogP contribution in [0.5, 0.6) is 0 Å². The minimum Gasteiger partial charge on any atom is -0.366 e. The van der Waals surface area contributed by atoms with Crippen LogP contribution in [0.15, 0.2) is 83.9 Å². The zero-order chi connectivity index (χ0) is 21.2.